The first kappa shape index (κ1) is 10.0. The van der Waals surface area contributed by atoms with Crippen molar-refractivity contribution in [3.63, 3.8) is 0 Å². The molecule has 0 amide bonds. The van der Waals surface area contributed by atoms with Crippen molar-refractivity contribution in [2.75, 3.05) is 0 Å². The Morgan fingerprint density at radius 3 is 2.93 bits per heavy atom. The molecule has 0 saturated heterocycles. The summed E-state index contributed by atoms with van der Waals surface area (Å²) in [6, 6.07) is 0.363. The van der Waals surface area contributed by atoms with Crippen molar-refractivity contribution in [2.45, 2.75) is 19.9 Å². The van der Waals surface area contributed by atoms with E-state index < -0.39 is 0 Å². The lowest BCUT2D eigenvalue weighted by Crippen LogP contribution is -2.34. The van der Waals surface area contributed by atoms with Crippen LogP contribution in [0.2, 0.25) is 0 Å². The van der Waals surface area contributed by atoms with E-state index in [0.717, 1.165) is 5.70 Å². The summed E-state index contributed by atoms with van der Waals surface area (Å²) in [7, 11) is 0. The Hall–Kier alpha value is -1.50. The monoisotopic (exact) mass is 199 g/mol. The van der Waals surface area contributed by atoms with Crippen LogP contribution in [0.3, 0.4) is 0 Å². The first-order valence-electron chi connectivity index (χ1n) is 5.35. The summed E-state index contributed by atoms with van der Waals surface area (Å²) in [4.78, 5) is 0. The lowest BCUT2D eigenvalue weighted by molar-refractivity contribution is 0.457. The summed E-state index contributed by atoms with van der Waals surface area (Å²) < 4.78 is 0. The van der Waals surface area contributed by atoms with Gasteiger partial charge in [0.15, 0.2) is 0 Å². The maximum absolute atomic E-state index is 3.86. The Bertz CT molecular complexity index is 396. The molecule has 2 aliphatic rings. The Morgan fingerprint density at radius 2 is 2.27 bits per heavy atom. The Kier molecular flexibility index (Phi) is 2.39. The minimum atomic E-state index is 0.0742. The summed E-state index contributed by atoms with van der Waals surface area (Å²) in [6.07, 6.45) is 14.8. The van der Waals surface area contributed by atoms with E-state index in [2.05, 4.69) is 55.3 Å². The van der Waals surface area contributed by atoms with Gasteiger partial charge in [0.05, 0.1) is 6.04 Å². The van der Waals surface area contributed by atoms with Crippen LogP contribution in [0.4, 0.5) is 0 Å². The van der Waals surface area contributed by atoms with E-state index in [4.69, 9.17) is 0 Å². The summed E-state index contributed by atoms with van der Waals surface area (Å²) in [5.41, 5.74) is 2.55. The zero-order valence-corrected chi connectivity index (χ0v) is 9.33. The van der Waals surface area contributed by atoms with Crippen LogP contribution >= 0.6 is 0 Å². The standard InChI is InChI=1S/C14H17N/c1-4-8-11-12(5-2)15-13-9-6-7-10-14(11,13)3/h4-10,13,15H,2H2,1,3H3/b8-4-. The molecule has 1 N–H and O–H groups in total. The van der Waals surface area contributed by atoms with Crippen molar-refractivity contribution >= 4 is 0 Å². The molecular formula is C14H17N. The molecule has 1 heterocycles. The molecule has 1 aliphatic carbocycles. The van der Waals surface area contributed by atoms with Gasteiger partial charge in [0.2, 0.25) is 0 Å². The topological polar surface area (TPSA) is 12.0 Å². The predicted octanol–water partition coefficient (Wildman–Crippen LogP) is 3.11. The molecule has 0 saturated carbocycles. The van der Waals surface area contributed by atoms with E-state index in [1.165, 1.54) is 5.57 Å². The van der Waals surface area contributed by atoms with Gasteiger partial charge < -0.3 is 5.32 Å². The van der Waals surface area contributed by atoms with Gasteiger partial charge in [0.25, 0.3) is 0 Å². The number of hydrogen-bond donors (Lipinski definition) is 1. The van der Waals surface area contributed by atoms with Crippen molar-refractivity contribution in [1.82, 2.24) is 5.32 Å². The fourth-order valence-electron chi connectivity index (χ4n) is 2.33. The average molecular weight is 199 g/mol. The second-order valence-electron chi connectivity index (χ2n) is 4.18. The zero-order valence-electron chi connectivity index (χ0n) is 9.33. The van der Waals surface area contributed by atoms with Gasteiger partial charge in [-0.2, -0.15) is 0 Å². The summed E-state index contributed by atoms with van der Waals surface area (Å²) >= 11 is 0. The molecule has 1 nitrogen and oxygen atoms in total. The van der Waals surface area contributed by atoms with E-state index in [9.17, 15) is 0 Å². The van der Waals surface area contributed by atoms with E-state index >= 15 is 0 Å². The highest BCUT2D eigenvalue weighted by molar-refractivity contribution is 5.49. The van der Waals surface area contributed by atoms with Crippen molar-refractivity contribution < 1.29 is 0 Å². The van der Waals surface area contributed by atoms with Crippen LogP contribution < -0.4 is 5.32 Å². The zero-order chi connectivity index (χ0) is 10.9. The minimum absolute atomic E-state index is 0.0742. The van der Waals surface area contributed by atoms with Gasteiger partial charge >= 0.3 is 0 Å². The molecule has 0 radical (unpaired) electrons. The van der Waals surface area contributed by atoms with Crippen LogP contribution in [0.1, 0.15) is 13.8 Å². The SMILES string of the molecule is C=CC1=C(/C=C\C)C2(C)C=CC=CC2N1. The minimum Gasteiger partial charge on any atom is -0.377 e. The predicted molar refractivity (Wildman–Crippen MR) is 65.3 cm³/mol. The van der Waals surface area contributed by atoms with Crippen molar-refractivity contribution in [2.24, 2.45) is 5.41 Å². The van der Waals surface area contributed by atoms with Crippen LogP contribution in [0.25, 0.3) is 0 Å². The van der Waals surface area contributed by atoms with Gasteiger partial charge in [0.1, 0.15) is 0 Å². The Labute approximate surface area is 91.6 Å². The largest absolute Gasteiger partial charge is 0.377 e. The molecule has 15 heavy (non-hydrogen) atoms. The maximum Gasteiger partial charge on any atom is 0.0577 e. The molecule has 78 valence electrons. The molecule has 1 aliphatic heterocycles. The van der Waals surface area contributed by atoms with Gasteiger partial charge in [-0.1, -0.05) is 43.0 Å². The quantitative estimate of drug-likeness (QED) is 0.720. The molecule has 1 heteroatoms. The average Bonchev–Trinajstić information content (AvgIpc) is 2.53. The normalized spacial score (nSPS) is 33.3. The highest BCUT2D eigenvalue weighted by Crippen LogP contribution is 2.42. The highest BCUT2D eigenvalue weighted by atomic mass is 15.0. The Balaban J connectivity index is 2.50. The van der Waals surface area contributed by atoms with Crippen LogP contribution in [-0.4, -0.2) is 6.04 Å². The number of rotatable bonds is 2. The second kappa shape index (κ2) is 3.58. The highest BCUT2D eigenvalue weighted by Gasteiger charge is 2.40. The molecule has 0 spiro atoms. The third-order valence-electron chi connectivity index (χ3n) is 3.22. The first-order valence-corrected chi connectivity index (χ1v) is 5.35. The number of fused-ring (bicyclic) bond motifs is 1. The van der Waals surface area contributed by atoms with Gasteiger partial charge in [0, 0.05) is 11.1 Å². The van der Waals surface area contributed by atoms with E-state index in [-0.39, 0.29) is 5.41 Å². The fourth-order valence-corrected chi connectivity index (χ4v) is 2.33. The van der Waals surface area contributed by atoms with Gasteiger partial charge in [-0.25, -0.2) is 0 Å². The van der Waals surface area contributed by atoms with Crippen LogP contribution in [-0.2, 0) is 0 Å². The van der Waals surface area contributed by atoms with Crippen LogP contribution in [0.15, 0.2) is 60.4 Å². The van der Waals surface area contributed by atoms with E-state index in [1.54, 1.807) is 0 Å². The Morgan fingerprint density at radius 1 is 1.47 bits per heavy atom. The molecule has 2 rings (SSSR count). The smallest absolute Gasteiger partial charge is 0.0577 e. The lowest BCUT2D eigenvalue weighted by atomic mass is 9.75. The van der Waals surface area contributed by atoms with Gasteiger partial charge in [-0.15, -0.1) is 0 Å². The third kappa shape index (κ3) is 1.39. The number of allylic oxidation sites excluding steroid dienone is 5. The van der Waals surface area contributed by atoms with Crippen molar-refractivity contribution in [3.8, 4) is 0 Å². The van der Waals surface area contributed by atoms with E-state index in [0.29, 0.717) is 6.04 Å². The maximum atomic E-state index is 3.86. The third-order valence-corrected chi connectivity index (χ3v) is 3.22. The number of hydrogen-bond acceptors (Lipinski definition) is 1. The molecule has 0 aromatic carbocycles. The van der Waals surface area contributed by atoms with E-state index in [1.807, 2.05) is 13.0 Å². The van der Waals surface area contributed by atoms with Gasteiger partial charge in [-0.3, -0.25) is 0 Å². The molecule has 2 unspecified atom stereocenters. The first-order chi connectivity index (χ1) is 7.22. The fraction of sp³-hybridized carbons (Fsp3) is 0.286. The molecule has 0 aromatic heterocycles. The van der Waals surface area contributed by atoms with Crippen molar-refractivity contribution in [3.05, 3.63) is 60.4 Å². The van der Waals surface area contributed by atoms with Crippen LogP contribution in [0, 0.1) is 5.41 Å². The van der Waals surface area contributed by atoms with Crippen molar-refractivity contribution in [1.29, 1.82) is 0 Å². The molecule has 0 aromatic rings. The molecular weight excluding hydrogens is 182 g/mol. The summed E-state index contributed by atoms with van der Waals surface area (Å²) in [6.45, 7) is 8.17. The second-order valence-corrected chi connectivity index (χ2v) is 4.18. The lowest BCUT2D eigenvalue weighted by Gasteiger charge is -2.30. The van der Waals surface area contributed by atoms with Crippen LogP contribution in [0.5, 0.6) is 0 Å². The molecule has 0 bridgehead atoms. The molecule has 0 fully saturated rings. The van der Waals surface area contributed by atoms with Gasteiger partial charge in [-0.05, 0) is 25.5 Å². The number of nitrogens with one attached hydrogen (secondary N) is 1. The molecule has 2 atom stereocenters. The summed E-state index contributed by atoms with van der Waals surface area (Å²) in [5, 5.41) is 3.49. The summed E-state index contributed by atoms with van der Waals surface area (Å²) in [5.74, 6) is 0.